The third kappa shape index (κ3) is 2.50. The van der Waals surface area contributed by atoms with Gasteiger partial charge in [-0.2, -0.15) is 0 Å². The molecule has 1 rings (SSSR count). The summed E-state index contributed by atoms with van der Waals surface area (Å²) in [6.45, 7) is -0.442. The van der Waals surface area contributed by atoms with Crippen LogP contribution in [0.25, 0.3) is 0 Å². The molecule has 1 aliphatic rings. The van der Waals surface area contributed by atoms with Crippen LogP contribution in [0.4, 0.5) is 0 Å². The van der Waals surface area contributed by atoms with E-state index >= 15 is 0 Å². The molecule has 6 nitrogen and oxygen atoms in total. The normalized spacial score (nSPS) is 45.5. The Bertz CT molecular complexity index is 155. The summed E-state index contributed by atoms with van der Waals surface area (Å²) in [5.41, 5.74) is 3.41. The van der Waals surface area contributed by atoms with E-state index in [9.17, 15) is 10.2 Å². The van der Waals surface area contributed by atoms with Gasteiger partial charge < -0.3 is 43.3 Å². The standard InChI is InChI=1S/C6H13NO5.ClH/c7-3-5(10)4(9)2(1-8)12-6(3)11;/h2-6,8-11H,1,7H2;1H/t2-,3-,4-,5-,6?;/m1./s1/i3+1,6+1;. The van der Waals surface area contributed by atoms with Crippen molar-refractivity contribution in [3.05, 3.63) is 0 Å². The van der Waals surface area contributed by atoms with Crippen LogP contribution in [-0.2, 0) is 4.74 Å². The highest BCUT2D eigenvalue weighted by molar-refractivity contribution is 4.87. The van der Waals surface area contributed by atoms with E-state index in [1.807, 2.05) is 0 Å². The second kappa shape index (κ2) is 5.06. The van der Waals surface area contributed by atoms with Crippen molar-refractivity contribution in [1.29, 1.82) is 0 Å². The number of hydrogen-bond donors (Lipinski definition) is 5. The maximum absolute atomic E-state index is 9.25. The summed E-state index contributed by atoms with van der Waals surface area (Å²) >= 11 is 0. The quantitative estimate of drug-likeness (QED) is 0.280. The van der Waals surface area contributed by atoms with Crippen molar-refractivity contribution < 1.29 is 43.3 Å². The van der Waals surface area contributed by atoms with Gasteiger partial charge in [0.1, 0.15) is 18.3 Å². The van der Waals surface area contributed by atoms with E-state index in [1.165, 1.54) is 0 Å². The van der Waals surface area contributed by atoms with E-state index in [4.69, 9.17) is 14.9 Å². The van der Waals surface area contributed by atoms with Gasteiger partial charge in [0.05, 0.1) is 6.61 Å². The van der Waals surface area contributed by atoms with Gasteiger partial charge in [0.25, 0.3) is 0 Å². The Kier molecular flexibility index (Phi) is 5.08. The van der Waals surface area contributed by atoms with Crippen LogP contribution in [0.3, 0.4) is 0 Å². The van der Waals surface area contributed by atoms with E-state index in [1.54, 1.807) is 0 Å². The van der Waals surface area contributed by atoms with Gasteiger partial charge >= 0.3 is 0 Å². The maximum atomic E-state index is 9.25. The molecule has 0 bridgehead atoms. The third-order valence-electron chi connectivity index (χ3n) is 2.03. The summed E-state index contributed by atoms with van der Waals surface area (Å²) in [5.74, 6) is 0. The van der Waals surface area contributed by atoms with Gasteiger partial charge in [-0.15, -0.1) is 0 Å². The summed E-state index contributed by atoms with van der Waals surface area (Å²) in [6.07, 6.45) is -4.53. The molecule has 1 heterocycles. The molecule has 5 atom stereocenters. The Morgan fingerprint density at radius 2 is 1.69 bits per heavy atom. The molecule has 1 fully saturated rings. The highest BCUT2D eigenvalue weighted by atomic mass is 35.5. The summed E-state index contributed by atoms with van der Waals surface area (Å²) in [4.78, 5) is 0. The fraction of sp³-hybridized carbons (Fsp3) is 1.00. The zero-order valence-electron chi connectivity index (χ0n) is 6.88. The molecular formula is C6H14ClNO5. The van der Waals surface area contributed by atoms with E-state index in [0.717, 1.165) is 0 Å². The molecule has 1 saturated heterocycles. The Labute approximate surface area is 81.3 Å². The van der Waals surface area contributed by atoms with Crippen LogP contribution < -0.4 is 18.1 Å². The molecule has 0 aromatic heterocycles. The van der Waals surface area contributed by atoms with Crippen LogP contribution in [0.2, 0.25) is 0 Å². The van der Waals surface area contributed by atoms with Gasteiger partial charge in [0.15, 0.2) is 6.04 Å². The Morgan fingerprint density at radius 3 is 2.15 bits per heavy atom. The monoisotopic (exact) mass is 217 g/mol. The van der Waals surface area contributed by atoms with Crippen molar-refractivity contribution in [1.82, 2.24) is 0 Å². The molecule has 0 spiro atoms. The minimum atomic E-state index is -1.24. The SMILES string of the molecule is [Cl-].[NH3+][13C@@H]1[C@@H](O)[C@H](O)[C@@H](CO)O[13CH]1O. The molecule has 7 N–H and O–H groups in total. The molecule has 0 aromatic carbocycles. The summed E-state index contributed by atoms with van der Waals surface area (Å²) in [7, 11) is 0. The molecule has 1 unspecified atom stereocenters. The summed E-state index contributed by atoms with van der Waals surface area (Å²) in [5, 5.41) is 36.3. The van der Waals surface area contributed by atoms with E-state index < -0.39 is 37.3 Å². The number of hydrogen-bond acceptors (Lipinski definition) is 5. The lowest BCUT2D eigenvalue weighted by molar-refractivity contribution is -0.497. The van der Waals surface area contributed by atoms with Crippen molar-refractivity contribution >= 4 is 0 Å². The van der Waals surface area contributed by atoms with Crippen LogP contribution in [0.15, 0.2) is 0 Å². The molecular weight excluding hydrogens is 204 g/mol. The topological polar surface area (TPSA) is 118 Å². The third-order valence-corrected chi connectivity index (χ3v) is 2.03. The smallest absolute Gasteiger partial charge is 0.211 e. The lowest BCUT2D eigenvalue weighted by Crippen LogP contribution is -3.00. The summed E-state index contributed by atoms with van der Waals surface area (Å²) < 4.78 is 4.76. The minimum Gasteiger partial charge on any atom is -1.00 e. The van der Waals surface area contributed by atoms with E-state index in [2.05, 4.69) is 5.73 Å². The van der Waals surface area contributed by atoms with Crippen LogP contribution in [0, 0.1) is 0 Å². The lowest BCUT2D eigenvalue weighted by atomic mass is 10.1. The number of aliphatic hydroxyl groups excluding tert-OH is 4. The first-order valence-corrected chi connectivity index (χ1v) is 3.71. The van der Waals surface area contributed by atoms with Gasteiger partial charge in [0.2, 0.25) is 6.29 Å². The van der Waals surface area contributed by atoms with Crippen LogP contribution >= 0.6 is 0 Å². The van der Waals surface area contributed by atoms with Crippen LogP contribution in [0.5, 0.6) is 0 Å². The first-order valence-electron chi connectivity index (χ1n) is 3.71. The first kappa shape index (κ1) is 13.1. The predicted octanol–water partition coefficient (Wildman–Crippen LogP) is -6.97. The number of quaternary nitrogens is 1. The average molecular weight is 218 g/mol. The Hall–Kier alpha value is 0.0500. The second-order valence-electron chi connectivity index (χ2n) is 2.89. The average Bonchev–Trinajstić information content (AvgIpc) is 2.08. The molecule has 0 radical (unpaired) electrons. The highest BCUT2D eigenvalue weighted by Gasteiger charge is 2.43. The van der Waals surface area contributed by atoms with E-state index in [0.29, 0.717) is 0 Å². The van der Waals surface area contributed by atoms with Crippen molar-refractivity contribution in [2.45, 2.75) is 30.6 Å². The number of halogens is 1. The lowest BCUT2D eigenvalue weighted by Gasteiger charge is -2.36. The molecule has 80 valence electrons. The molecule has 0 amide bonds. The van der Waals surface area contributed by atoms with Crippen molar-refractivity contribution in [3.8, 4) is 0 Å². The molecule has 7 heteroatoms. The molecule has 0 saturated carbocycles. The van der Waals surface area contributed by atoms with Gasteiger partial charge in [-0.3, -0.25) is 0 Å². The fourth-order valence-electron chi connectivity index (χ4n) is 1.15. The van der Waals surface area contributed by atoms with Gasteiger partial charge in [-0.05, 0) is 0 Å². The molecule has 0 aliphatic carbocycles. The second-order valence-corrected chi connectivity index (χ2v) is 2.89. The number of rotatable bonds is 1. The predicted molar refractivity (Wildman–Crippen MR) is 36.7 cm³/mol. The largest absolute Gasteiger partial charge is 1.00 e. The fourth-order valence-corrected chi connectivity index (χ4v) is 1.15. The van der Waals surface area contributed by atoms with E-state index in [-0.39, 0.29) is 12.4 Å². The van der Waals surface area contributed by atoms with Crippen LogP contribution in [0.1, 0.15) is 0 Å². The van der Waals surface area contributed by atoms with Crippen LogP contribution in [-0.4, -0.2) is 57.7 Å². The van der Waals surface area contributed by atoms with Gasteiger partial charge in [0, 0.05) is 0 Å². The molecule has 1 aliphatic heterocycles. The Morgan fingerprint density at radius 1 is 1.15 bits per heavy atom. The van der Waals surface area contributed by atoms with Gasteiger partial charge in [-0.1, -0.05) is 0 Å². The number of aliphatic hydroxyl groups is 4. The van der Waals surface area contributed by atoms with Crippen molar-refractivity contribution in [3.63, 3.8) is 0 Å². The first-order chi connectivity index (χ1) is 5.57. The maximum Gasteiger partial charge on any atom is 0.211 e. The zero-order valence-corrected chi connectivity index (χ0v) is 7.63. The minimum absolute atomic E-state index is 0. The number of ether oxygens (including phenoxy) is 1. The highest BCUT2D eigenvalue weighted by Crippen LogP contribution is 2.16. The Balaban J connectivity index is 0.00000144. The summed E-state index contributed by atoms with van der Waals surface area (Å²) in [6, 6.07) is -0.789. The van der Waals surface area contributed by atoms with Crippen molar-refractivity contribution in [2.75, 3.05) is 6.61 Å². The van der Waals surface area contributed by atoms with Crippen molar-refractivity contribution in [2.24, 2.45) is 0 Å². The zero-order chi connectivity index (χ0) is 9.30. The molecule has 13 heavy (non-hydrogen) atoms. The van der Waals surface area contributed by atoms with Gasteiger partial charge in [-0.25, -0.2) is 0 Å². The molecule has 0 aromatic rings.